The van der Waals surface area contributed by atoms with Crippen molar-refractivity contribution in [2.24, 2.45) is 5.73 Å². The molecule has 0 amide bonds. The Labute approximate surface area is 110 Å². The van der Waals surface area contributed by atoms with Crippen molar-refractivity contribution in [3.8, 4) is 11.5 Å². The highest BCUT2D eigenvalue weighted by Crippen LogP contribution is 2.29. The van der Waals surface area contributed by atoms with Crippen LogP contribution in [0.5, 0.6) is 11.5 Å². The van der Waals surface area contributed by atoms with Crippen molar-refractivity contribution in [3.63, 3.8) is 0 Å². The zero-order chi connectivity index (χ0) is 10.6. The number of nitrogens with two attached hydrogens (primary N) is 1. The lowest BCUT2D eigenvalue weighted by molar-refractivity contribution is 0.396. The third-order valence-corrected chi connectivity index (χ3v) is 2.81. The second-order valence-electron chi connectivity index (χ2n) is 2.84. The van der Waals surface area contributed by atoms with Crippen LogP contribution in [0.25, 0.3) is 0 Å². The van der Waals surface area contributed by atoms with Crippen molar-refractivity contribution in [2.45, 2.75) is 6.42 Å². The van der Waals surface area contributed by atoms with Gasteiger partial charge in [-0.25, -0.2) is 0 Å². The molecule has 5 heteroatoms. The molecule has 0 saturated carbocycles. The number of ether oxygens (including phenoxy) is 2. The zero-order valence-corrected chi connectivity index (χ0v) is 11.7. The van der Waals surface area contributed by atoms with Crippen LogP contribution in [0.3, 0.4) is 0 Å². The van der Waals surface area contributed by atoms with Crippen molar-refractivity contribution < 1.29 is 9.47 Å². The molecular formula is C10H15ClINO2. The lowest BCUT2D eigenvalue weighted by Crippen LogP contribution is -2.05. The molecule has 1 aromatic carbocycles. The Balaban J connectivity index is 0.00000196. The minimum Gasteiger partial charge on any atom is -0.496 e. The maximum atomic E-state index is 5.52. The van der Waals surface area contributed by atoms with Crippen molar-refractivity contribution in [1.29, 1.82) is 0 Å². The number of methoxy groups -OCH3 is 2. The number of hydrogen-bond donors (Lipinski definition) is 1. The highest BCUT2D eigenvalue weighted by Gasteiger charge is 2.08. The Hall–Kier alpha value is -0.200. The van der Waals surface area contributed by atoms with Crippen LogP contribution in [0.4, 0.5) is 0 Å². The number of benzene rings is 1. The molecule has 86 valence electrons. The highest BCUT2D eigenvalue weighted by atomic mass is 127. The predicted octanol–water partition coefficient (Wildman–Crippen LogP) is 2.23. The van der Waals surface area contributed by atoms with Crippen LogP contribution in [0.2, 0.25) is 0 Å². The van der Waals surface area contributed by atoms with Gasteiger partial charge in [0.2, 0.25) is 0 Å². The van der Waals surface area contributed by atoms with Crippen molar-refractivity contribution >= 4 is 35.0 Å². The van der Waals surface area contributed by atoms with E-state index in [0.29, 0.717) is 6.54 Å². The Bertz CT molecular complexity index is 321. The maximum absolute atomic E-state index is 5.52. The Morgan fingerprint density at radius 2 is 1.80 bits per heavy atom. The van der Waals surface area contributed by atoms with Gasteiger partial charge in [-0.2, -0.15) is 0 Å². The van der Waals surface area contributed by atoms with Gasteiger partial charge in [-0.15, -0.1) is 12.4 Å². The fraction of sp³-hybridized carbons (Fsp3) is 0.400. The minimum absolute atomic E-state index is 0. The Morgan fingerprint density at radius 3 is 2.27 bits per heavy atom. The second-order valence-corrected chi connectivity index (χ2v) is 4.00. The molecule has 0 aliphatic carbocycles. The molecule has 0 aromatic heterocycles. The predicted molar refractivity (Wildman–Crippen MR) is 72.3 cm³/mol. The summed E-state index contributed by atoms with van der Waals surface area (Å²) >= 11 is 2.22. The van der Waals surface area contributed by atoms with Crippen molar-refractivity contribution in [2.75, 3.05) is 20.8 Å². The fourth-order valence-electron chi connectivity index (χ4n) is 1.27. The van der Waals surface area contributed by atoms with Gasteiger partial charge >= 0.3 is 0 Å². The van der Waals surface area contributed by atoms with Crippen LogP contribution >= 0.6 is 35.0 Å². The van der Waals surface area contributed by atoms with E-state index in [0.717, 1.165) is 27.1 Å². The van der Waals surface area contributed by atoms with E-state index in [1.54, 1.807) is 14.2 Å². The van der Waals surface area contributed by atoms with E-state index in [2.05, 4.69) is 22.6 Å². The van der Waals surface area contributed by atoms with E-state index >= 15 is 0 Å². The Kier molecular flexibility index (Phi) is 7.04. The van der Waals surface area contributed by atoms with Crippen LogP contribution < -0.4 is 15.2 Å². The number of rotatable bonds is 4. The first-order valence-corrected chi connectivity index (χ1v) is 5.41. The van der Waals surface area contributed by atoms with Crippen LogP contribution in [-0.4, -0.2) is 20.8 Å². The average molecular weight is 344 g/mol. The molecule has 15 heavy (non-hydrogen) atoms. The van der Waals surface area contributed by atoms with Gasteiger partial charge in [0.1, 0.15) is 11.5 Å². The molecule has 0 fully saturated rings. The van der Waals surface area contributed by atoms with Crippen molar-refractivity contribution in [3.05, 3.63) is 21.3 Å². The van der Waals surface area contributed by atoms with Gasteiger partial charge < -0.3 is 15.2 Å². The zero-order valence-electron chi connectivity index (χ0n) is 8.75. The molecule has 0 bridgehead atoms. The normalized spacial score (nSPS) is 9.33. The molecule has 0 aliphatic heterocycles. The van der Waals surface area contributed by atoms with E-state index in [4.69, 9.17) is 15.2 Å². The first kappa shape index (κ1) is 14.8. The van der Waals surface area contributed by atoms with Gasteiger partial charge in [-0.05, 0) is 53.3 Å². The monoisotopic (exact) mass is 343 g/mol. The molecule has 0 atom stereocenters. The molecule has 0 radical (unpaired) electrons. The summed E-state index contributed by atoms with van der Waals surface area (Å²) in [6.45, 7) is 0.611. The summed E-state index contributed by atoms with van der Waals surface area (Å²) in [5.41, 5.74) is 6.61. The van der Waals surface area contributed by atoms with E-state index in [1.807, 2.05) is 12.1 Å². The minimum atomic E-state index is 0. The molecule has 1 aromatic rings. The van der Waals surface area contributed by atoms with Gasteiger partial charge in [-0.1, -0.05) is 0 Å². The standard InChI is InChI=1S/C10H14INO2.ClH/c1-13-9-6-8(11)10(14-2)5-7(9)3-4-12;/h5-6H,3-4,12H2,1-2H3;1H. The van der Waals surface area contributed by atoms with Gasteiger partial charge in [0.25, 0.3) is 0 Å². The van der Waals surface area contributed by atoms with E-state index in [-0.39, 0.29) is 12.4 Å². The average Bonchev–Trinajstić information content (AvgIpc) is 2.20. The summed E-state index contributed by atoms with van der Waals surface area (Å²) in [6, 6.07) is 3.94. The smallest absolute Gasteiger partial charge is 0.132 e. The maximum Gasteiger partial charge on any atom is 0.132 e. The van der Waals surface area contributed by atoms with Crippen molar-refractivity contribution in [1.82, 2.24) is 0 Å². The first-order valence-electron chi connectivity index (χ1n) is 4.33. The van der Waals surface area contributed by atoms with E-state index < -0.39 is 0 Å². The summed E-state index contributed by atoms with van der Waals surface area (Å²) in [5.74, 6) is 1.75. The molecule has 0 spiro atoms. The topological polar surface area (TPSA) is 44.5 Å². The van der Waals surface area contributed by atoms with Crippen LogP contribution in [0, 0.1) is 3.57 Å². The lowest BCUT2D eigenvalue weighted by atomic mass is 10.1. The SMILES string of the molecule is COc1cc(CCN)c(OC)cc1I.Cl. The molecule has 0 saturated heterocycles. The lowest BCUT2D eigenvalue weighted by Gasteiger charge is -2.11. The summed E-state index contributed by atoms with van der Waals surface area (Å²) in [7, 11) is 3.33. The van der Waals surface area contributed by atoms with Gasteiger partial charge in [0.05, 0.1) is 17.8 Å². The third kappa shape index (κ3) is 3.70. The molecule has 3 nitrogen and oxygen atoms in total. The molecule has 1 rings (SSSR count). The van der Waals surface area contributed by atoms with E-state index in [1.165, 1.54) is 0 Å². The number of halogens is 2. The number of hydrogen-bond acceptors (Lipinski definition) is 3. The molecular weight excluding hydrogens is 328 g/mol. The van der Waals surface area contributed by atoms with Gasteiger partial charge in [-0.3, -0.25) is 0 Å². The summed E-state index contributed by atoms with van der Waals surface area (Å²) in [5, 5.41) is 0. The molecule has 2 N–H and O–H groups in total. The van der Waals surface area contributed by atoms with E-state index in [9.17, 15) is 0 Å². The second kappa shape index (κ2) is 7.14. The summed E-state index contributed by atoms with van der Waals surface area (Å²) in [6.07, 6.45) is 0.802. The Morgan fingerprint density at radius 1 is 1.20 bits per heavy atom. The first-order chi connectivity index (χ1) is 6.72. The summed E-state index contributed by atoms with van der Waals surface area (Å²) < 4.78 is 11.5. The molecule has 0 heterocycles. The fourth-order valence-corrected chi connectivity index (χ4v) is 1.93. The van der Waals surface area contributed by atoms with Crippen LogP contribution in [0.1, 0.15) is 5.56 Å². The van der Waals surface area contributed by atoms with Crippen LogP contribution in [-0.2, 0) is 6.42 Å². The van der Waals surface area contributed by atoms with Gasteiger partial charge in [0, 0.05) is 0 Å². The quantitative estimate of drug-likeness (QED) is 0.853. The third-order valence-electron chi connectivity index (χ3n) is 1.97. The molecule has 0 unspecified atom stereocenters. The largest absolute Gasteiger partial charge is 0.496 e. The highest BCUT2D eigenvalue weighted by molar-refractivity contribution is 14.1. The summed E-state index contributed by atoms with van der Waals surface area (Å²) in [4.78, 5) is 0. The van der Waals surface area contributed by atoms with Gasteiger partial charge in [0.15, 0.2) is 0 Å². The molecule has 0 aliphatic rings. The van der Waals surface area contributed by atoms with Crippen LogP contribution in [0.15, 0.2) is 12.1 Å².